The molecule has 1 aliphatic carbocycles. The van der Waals surface area contributed by atoms with Gasteiger partial charge in [-0.25, -0.2) is 17.5 Å². The van der Waals surface area contributed by atoms with E-state index in [9.17, 15) is 26.0 Å². The normalized spacial score (nSPS) is 16.8. The lowest BCUT2D eigenvalue weighted by Crippen LogP contribution is -2.29. The number of nitrogens with zero attached hydrogens (tertiary/aromatic N) is 2. The highest BCUT2D eigenvalue weighted by atomic mass is 32.2. The molecule has 0 spiro atoms. The summed E-state index contributed by atoms with van der Waals surface area (Å²) in [6.07, 6.45) is -2.30. The van der Waals surface area contributed by atoms with Gasteiger partial charge in [-0.1, -0.05) is 17.3 Å². The van der Waals surface area contributed by atoms with Crippen LogP contribution < -0.4 is 4.72 Å². The Morgan fingerprint density at radius 2 is 2.00 bits per heavy atom. The maximum Gasteiger partial charge on any atom is 0.471 e. The fourth-order valence-electron chi connectivity index (χ4n) is 2.45. The zero-order valence-corrected chi connectivity index (χ0v) is 13.7. The average Bonchev–Trinajstić information content (AvgIpc) is 3.18. The molecule has 0 saturated heterocycles. The monoisotopic (exact) mass is 379 g/mol. The SMILES string of the molecule is CS(=O)(=O)NC(c1ccc(-c2noc(C(F)(F)F)n2)cc1F)C1CC1. The molecule has 136 valence electrons. The van der Waals surface area contributed by atoms with E-state index in [4.69, 9.17) is 0 Å². The molecule has 0 aliphatic heterocycles. The summed E-state index contributed by atoms with van der Waals surface area (Å²) in [5.41, 5.74) is 0.116. The molecular weight excluding hydrogens is 366 g/mol. The summed E-state index contributed by atoms with van der Waals surface area (Å²) >= 11 is 0. The molecule has 1 N–H and O–H groups in total. The van der Waals surface area contributed by atoms with Crippen LogP contribution in [0.3, 0.4) is 0 Å². The minimum atomic E-state index is -4.79. The van der Waals surface area contributed by atoms with Crippen LogP contribution in [0.15, 0.2) is 22.7 Å². The molecular formula is C14H13F4N3O3S. The third-order valence-electron chi connectivity index (χ3n) is 3.70. The zero-order chi connectivity index (χ0) is 18.4. The van der Waals surface area contributed by atoms with Gasteiger partial charge in [0.25, 0.3) is 0 Å². The van der Waals surface area contributed by atoms with Crippen LogP contribution in [0.1, 0.15) is 30.3 Å². The third kappa shape index (κ3) is 4.15. The van der Waals surface area contributed by atoms with Gasteiger partial charge in [-0.15, -0.1) is 0 Å². The number of hydrogen-bond donors (Lipinski definition) is 1. The molecule has 3 rings (SSSR count). The quantitative estimate of drug-likeness (QED) is 0.808. The number of halogens is 4. The van der Waals surface area contributed by atoms with Gasteiger partial charge in [-0.05, 0) is 24.8 Å². The van der Waals surface area contributed by atoms with Crippen LogP contribution in [0.4, 0.5) is 17.6 Å². The number of rotatable bonds is 5. The summed E-state index contributed by atoms with van der Waals surface area (Å²) in [6.45, 7) is 0. The highest BCUT2D eigenvalue weighted by Gasteiger charge is 2.39. The van der Waals surface area contributed by atoms with Crippen molar-refractivity contribution < 1.29 is 30.5 Å². The van der Waals surface area contributed by atoms with E-state index in [-0.39, 0.29) is 17.0 Å². The van der Waals surface area contributed by atoms with E-state index in [0.717, 1.165) is 25.2 Å². The molecule has 25 heavy (non-hydrogen) atoms. The van der Waals surface area contributed by atoms with Gasteiger partial charge in [0.15, 0.2) is 0 Å². The van der Waals surface area contributed by atoms with Crippen LogP contribution in [0, 0.1) is 11.7 Å². The van der Waals surface area contributed by atoms with E-state index < -0.39 is 39.8 Å². The van der Waals surface area contributed by atoms with Gasteiger partial charge >= 0.3 is 12.1 Å². The van der Waals surface area contributed by atoms with Gasteiger partial charge in [0.2, 0.25) is 15.8 Å². The Kier molecular flexibility index (Phi) is 4.31. The van der Waals surface area contributed by atoms with Crippen LogP contribution >= 0.6 is 0 Å². The van der Waals surface area contributed by atoms with Crippen molar-refractivity contribution >= 4 is 10.0 Å². The largest absolute Gasteiger partial charge is 0.471 e. The lowest BCUT2D eigenvalue weighted by atomic mass is 10.0. The van der Waals surface area contributed by atoms with Crippen LogP contribution in [-0.2, 0) is 16.2 Å². The maximum atomic E-state index is 14.4. The van der Waals surface area contributed by atoms with Crippen molar-refractivity contribution in [2.75, 3.05) is 6.26 Å². The van der Waals surface area contributed by atoms with E-state index in [2.05, 4.69) is 19.4 Å². The molecule has 1 heterocycles. The van der Waals surface area contributed by atoms with Gasteiger partial charge in [0, 0.05) is 11.1 Å². The minimum Gasteiger partial charge on any atom is -0.329 e. The number of nitrogens with one attached hydrogen (secondary N) is 1. The topological polar surface area (TPSA) is 85.1 Å². The summed E-state index contributed by atoms with van der Waals surface area (Å²) < 4.78 is 81.3. The summed E-state index contributed by atoms with van der Waals surface area (Å²) in [5.74, 6) is -2.71. The maximum absolute atomic E-state index is 14.4. The molecule has 0 bridgehead atoms. The first-order valence-electron chi connectivity index (χ1n) is 7.22. The second-order valence-corrected chi connectivity index (χ2v) is 7.64. The predicted octanol–water partition coefficient (Wildman–Crippen LogP) is 2.89. The summed E-state index contributed by atoms with van der Waals surface area (Å²) in [4.78, 5) is 3.19. The van der Waals surface area contributed by atoms with E-state index in [0.29, 0.717) is 0 Å². The molecule has 1 fully saturated rings. The van der Waals surface area contributed by atoms with Crippen LogP contribution in [0.5, 0.6) is 0 Å². The first-order valence-corrected chi connectivity index (χ1v) is 9.12. The second kappa shape index (κ2) is 6.06. The average molecular weight is 379 g/mol. The van der Waals surface area contributed by atoms with Gasteiger partial charge < -0.3 is 4.52 Å². The Bertz CT molecular complexity index is 891. The number of benzene rings is 1. The fraction of sp³-hybridized carbons (Fsp3) is 0.429. The van der Waals surface area contributed by atoms with Crippen molar-refractivity contribution in [3.05, 3.63) is 35.5 Å². The summed E-state index contributed by atoms with van der Waals surface area (Å²) in [6, 6.07) is 2.87. The highest BCUT2D eigenvalue weighted by molar-refractivity contribution is 7.88. The van der Waals surface area contributed by atoms with Crippen molar-refractivity contribution in [3.8, 4) is 11.4 Å². The number of sulfonamides is 1. The standard InChI is InChI=1S/C14H13F4N3O3S/c1-25(22,23)21-11(7-2-3-7)9-5-4-8(6-10(9)15)12-19-13(24-20-12)14(16,17)18/h4-7,11,21H,2-3H2,1H3. The van der Waals surface area contributed by atoms with Gasteiger partial charge in [0.05, 0.1) is 12.3 Å². The first kappa shape index (κ1) is 17.8. The Balaban J connectivity index is 1.91. The lowest BCUT2D eigenvalue weighted by molar-refractivity contribution is -0.159. The number of alkyl halides is 3. The van der Waals surface area contributed by atoms with Crippen molar-refractivity contribution in [3.63, 3.8) is 0 Å². The molecule has 1 atom stereocenters. The Hall–Kier alpha value is -2.01. The molecule has 6 nitrogen and oxygen atoms in total. The third-order valence-corrected chi connectivity index (χ3v) is 4.38. The molecule has 1 aromatic carbocycles. The molecule has 2 aromatic rings. The fourth-order valence-corrected chi connectivity index (χ4v) is 3.23. The minimum absolute atomic E-state index is 0.00518. The van der Waals surface area contributed by atoms with Crippen molar-refractivity contribution in [1.82, 2.24) is 14.9 Å². The number of hydrogen-bond acceptors (Lipinski definition) is 5. The summed E-state index contributed by atoms with van der Waals surface area (Å²) in [5, 5.41) is 3.19. The molecule has 1 unspecified atom stereocenters. The molecule has 1 saturated carbocycles. The lowest BCUT2D eigenvalue weighted by Gasteiger charge is -2.18. The Labute approximate surface area is 140 Å². The van der Waals surface area contributed by atoms with Crippen LogP contribution in [-0.4, -0.2) is 24.8 Å². The van der Waals surface area contributed by atoms with E-state index in [1.54, 1.807) is 0 Å². The predicted molar refractivity (Wildman–Crippen MR) is 78.1 cm³/mol. The molecule has 1 aliphatic rings. The molecule has 0 radical (unpaired) electrons. The highest BCUT2D eigenvalue weighted by Crippen LogP contribution is 2.42. The van der Waals surface area contributed by atoms with Crippen molar-refractivity contribution in [2.24, 2.45) is 5.92 Å². The number of aromatic nitrogens is 2. The zero-order valence-electron chi connectivity index (χ0n) is 12.8. The molecule has 0 amide bonds. The first-order chi connectivity index (χ1) is 11.5. The van der Waals surface area contributed by atoms with E-state index >= 15 is 0 Å². The van der Waals surface area contributed by atoms with Gasteiger partial charge in [-0.2, -0.15) is 18.2 Å². The van der Waals surface area contributed by atoms with E-state index in [1.165, 1.54) is 12.1 Å². The molecule has 1 aromatic heterocycles. The Morgan fingerprint density at radius 1 is 1.32 bits per heavy atom. The second-order valence-electron chi connectivity index (χ2n) is 5.86. The van der Waals surface area contributed by atoms with Gasteiger partial charge in [0.1, 0.15) is 5.82 Å². The van der Waals surface area contributed by atoms with Crippen molar-refractivity contribution in [1.29, 1.82) is 0 Å². The van der Waals surface area contributed by atoms with Crippen LogP contribution in [0.25, 0.3) is 11.4 Å². The Morgan fingerprint density at radius 3 is 2.48 bits per heavy atom. The van der Waals surface area contributed by atoms with Crippen molar-refractivity contribution in [2.45, 2.75) is 25.1 Å². The smallest absolute Gasteiger partial charge is 0.329 e. The summed E-state index contributed by atoms with van der Waals surface area (Å²) in [7, 11) is -3.55. The van der Waals surface area contributed by atoms with Gasteiger partial charge in [-0.3, -0.25) is 0 Å². The van der Waals surface area contributed by atoms with E-state index in [1.807, 2.05) is 0 Å². The van der Waals surface area contributed by atoms with Crippen LogP contribution in [0.2, 0.25) is 0 Å². The molecule has 11 heteroatoms.